The van der Waals surface area contributed by atoms with E-state index < -0.39 is 17.5 Å². The molecule has 1 saturated heterocycles. The lowest BCUT2D eigenvalue weighted by atomic mass is 9.94. The van der Waals surface area contributed by atoms with E-state index >= 15 is 0 Å². The smallest absolute Gasteiger partial charge is 0.318 e. The number of nitrogens with zero attached hydrogens (tertiary/aromatic N) is 1. The highest BCUT2D eigenvalue weighted by molar-refractivity contribution is 5.93. The van der Waals surface area contributed by atoms with Crippen LogP contribution in [0.2, 0.25) is 0 Å². The zero-order chi connectivity index (χ0) is 13.6. The minimum absolute atomic E-state index is 0.173. The average Bonchev–Trinajstić information content (AvgIpc) is 2.26. The van der Waals surface area contributed by atoms with E-state index in [1.54, 1.807) is 0 Å². The van der Waals surface area contributed by atoms with Crippen LogP contribution in [0.5, 0.6) is 0 Å². The van der Waals surface area contributed by atoms with Crippen molar-refractivity contribution in [1.29, 1.82) is 0 Å². The third-order valence-electron chi connectivity index (χ3n) is 2.97. The number of amides is 3. The number of nitrogens with one attached hydrogen (secondary N) is 1. The Morgan fingerprint density at radius 1 is 1.44 bits per heavy atom. The van der Waals surface area contributed by atoms with Gasteiger partial charge in [-0.2, -0.15) is 0 Å². The number of nitrogens with two attached hydrogens (primary N) is 1. The third kappa shape index (κ3) is 5.44. The van der Waals surface area contributed by atoms with Crippen molar-refractivity contribution >= 4 is 11.9 Å². The van der Waals surface area contributed by atoms with Gasteiger partial charge in [0.2, 0.25) is 5.91 Å². The van der Waals surface area contributed by atoms with Gasteiger partial charge in [0.15, 0.2) is 0 Å². The quantitative estimate of drug-likeness (QED) is 0.590. The van der Waals surface area contributed by atoms with Crippen molar-refractivity contribution in [2.45, 2.75) is 24.9 Å². The standard InChI is InChI=1S/C11H21N3O4/c1-14(5-2-9(15)13-10(12)16)8-11(17)3-6-18-7-4-11/h17H,2-8H2,1H3,(H3,12,13,15,16). The molecule has 0 aromatic rings. The second-order valence-corrected chi connectivity index (χ2v) is 4.74. The van der Waals surface area contributed by atoms with Gasteiger partial charge in [0.25, 0.3) is 0 Å². The number of ether oxygens (including phenoxy) is 1. The van der Waals surface area contributed by atoms with E-state index in [4.69, 9.17) is 10.5 Å². The van der Waals surface area contributed by atoms with Crippen molar-refractivity contribution in [2.75, 3.05) is 33.4 Å². The van der Waals surface area contributed by atoms with E-state index in [2.05, 4.69) is 0 Å². The maximum Gasteiger partial charge on any atom is 0.318 e. The Balaban J connectivity index is 2.26. The van der Waals surface area contributed by atoms with Gasteiger partial charge in [-0.1, -0.05) is 0 Å². The number of carbonyl (C=O) groups excluding carboxylic acids is 2. The summed E-state index contributed by atoms with van der Waals surface area (Å²) in [6, 6.07) is -0.842. The molecular weight excluding hydrogens is 238 g/mol. The molecule has 18 heavy (non-hydrogen) atoms. The molecule has 0 radical (unpaired) electrons. The monoisotopic (exact) mass is 259 g/mol. The Labute approximate surface area is 106 Å². The van der Waals surface area contributed by atoms with Crippen LogP contribution in [0.25, 0.3) is 0 Å². The van der Waals surface area contributed by atoms with Crippen LogP contribution in [0.15, 0.2) is 0 Å². The van der Waals surface area contributed by atoms with Crippen molar-refractivity contribution < 1.29 is 19.4 Å². The van der Waals surface area contributed by atoms with Gasteiger partial charge < -0.3 is 20.5 Å². The molecule has 4 N–H and O–H groups in total. The molecule has 1 fully saturated rings. The summed E-state index contributed by atoms with van der Waals surface area (Å²) < 4.78 is 5.19. The number of imide groups is 1. The predicted molar refractivity (Wildman–Crippen MR) is 64.8 cm³/mol. The van der Waals surface area contributed by atoms with Crippen LogP contribution in [-0.4, -0.2) is 60.9 Å². The van der Waals surface area contributed by atoms with Crippen LogP contribution in [0.1, 0.15) is 19.3 Å². The normalized spacial score (nSPS) is 18.6. The van der Waals surface area contributed by atoms with Crippen LogP contribution < -0.4 is 11.1 Å². The van der Waals surface area contributed by atoms with E-state index in [1.807, 2.05) is 17.3 Å². The Hall–Kier alpha value is -1.18. The molecule has 7 heteroatoms. The molecule has 1 aliphatic rings. The minimum atomic E-state index is -0.842. The van der Waals surface area contributed by atoms with Gasteiger partial charge in [0, 0.05) is 45.6 Å². The molecule has 1 rings (SSSR count). The summed E-state index contributed by atoms with van der Waals surface area (Å²) in [5.74, 6) is -0.409. The third-order valence-corrected chi connectivity index (χ3v) is 2.97. The summed E-state index contributed by atoms with van der Waals surface area (Å²) in [5.41, 5.74) is 4.09. The SMILES string of the molecule is CN(CCC(=O)NC(N)=O)CC1(O)CCOCC1. The van der Waals surface area contributed by atoms with Crippen molar-refractivity contribution in [1.82, 2.24) is 10.2 Å². The fourth-order valence-corrected chi connectivity index (χ4v) is 1.98. The van der Waals surface area contributed by atoms with E-state index in [9.17, 15) is 14.7 Å². The number of rotatable bonds is 5. The Bertz CT molecular complexity index is 303. The summed E-state index contributed by atoms with van der Waals surface area (Å²) in [5, 5.41) is 12.3. The summed E-state index contributed by atoms with van der Waals surface area (Å²) in [7, 11) is 1.82. The van der Waals surface area contributed by atoms with Crippen molar-refractivity contribution in [3.05, 3.63) is 0 Å². The molecule has 0 bridgehead atoms. The summed E-state index contributed by atoms with van der Waals surface area (Å²) in [6.45, 7) is 2.07. The number of carbonyl (C=O) groups is 2. The maximum absolute atomic E-state index is 11.2. The second kappa shape index (κ2) is 6.67. The summed E-state index contributed by atoms with van der Waals surface area (Å²) in [6.07, 6.45) is 1.38. The highest BCUT2D eigenvalue weighted by atomic mass is 16.5. The van der Waals surface area contributed by atoms with Gasteiger partial charge in [0.05, 0.1) is 5.60 Å². The van der Waals surface area contributed by atoms with E-state index in [0.717, 1.165) is 0 Å². The molecule has 0 aromatic heterocycles. The Morgan fingerprint density at radius 2 is 2.06 bits per heavy atom. The molecular formula is C11H21N3O4. The summed E-state index contributed by atoms with van der Waals surface area (Å²) in [4.78, 5) is 23.5. The first kappa shape index (κ1) is 14.9. The highest BCUT2D eigenvalue weighted by Gasteiger charge is 2.30. The van der Waals surface area contributed by atoms with Gasteiger partial charge >= 0.3 is 6.03 Å². The predicted octanol–water partition coefficient (Wildman–Crippen LogP) is -0.955. The molecule has 3 amide bonds. The minimum Gasteiger partial charge on any atom is -0.388 e. The van der Waals surface area contributed by atoms with Gasteiger partial charge in [-0.05, 0) is 7.05 Å². The number of likely N-dealkylation sites (N-methyl/N-ethyl adjacent to an activating group) is 1. The molecule has 0 atom stereocenters. The maximum atomic E-state index is 11.2. The molecule has 1 heterocycles. The van der Waals surface area contributed by atoms with Gasteiger partial charge in [-0.15, -0.1) is 0 Å². The zero-order valence-electron chi connectivity index (χ0n) is 10.6. The first-order valence-corrected chi connectivity index (χ1v) is 5.99. The zero-order valence-corrected chi connectivity index (χ0v) is 10.6. The second-order valence-electron chi connectivity index (χ2n) is 4.74. The van der Waals surface area contributed by atoms with Gasteiger partial charge in [-0.25, -0.2) is 4.79 Å². The molecule has 0 aliphatic carbocycles. The van der Waals surface area contributed by atoms with Crippen LogP contribution in [0, 0.1) is 0 Å². The Morgan fingerprint density at radius 3 is 2.61 bits per heavy atom. The fraction of sp³-hybridized carbons (Fsp3) is 0.818. The number of urea groups is 1. The first-order valence-electron chi connectivity index (χ1n) is 5.99. The molecule has 1 aliphatic heterocycles. The Kier molecular flexibility index (Phi) is 5.52. The van der Waals surface area contributed by atoms with Crippen LogP contribution in [0.4, 0.5) is 4.79 Å². The molecule has 0 unspecified atom stereocenters. The number of hydrogen-bond donors (Lipinski definition) is 3. The van der Waals surface area contributed by atoms with Gasteiger partial charge in [-0.3, -0.25) is 10.1 Å². The van der Waals surface area contributed by atoms with E-state index in [1.165, 1.54) is 0 Å². The first-order chi connectivity index (χ1) is 8.41. The van der Waals surface area contributed by atoms with Crippen molar-refractivity contribution in [2.24, 2.45) is 5.73 Å². The largest absolute Gasteiger partial charge is 0.388 e. The van der Waals surface area contributed by atoms with Gasteiger partial charge in [0.1, 0.15) is 0 Å². The fourth-order valence-electron chi connectivity index (χ4n) is 1.98. The number of hydrogen-bond acceptors (Lipinski definition) is 5. The molecule has 0 saturated carbocycles. The number of primary amides is 1. The number of aliphatic hydroxyl groups is 1. The average molecular weight is 259 g/mol. The lowest BCUT2D eigenvalue weighted by Gasteiger charge is -2.35. The van der Waals surface area contributed by atoms with Crippen molar-refractivity contribution in [3.63, 3.8) is 0 Å². The summed E-state index contributed by atoms with van der Waals surface area (Å²) >= 11 is 0. The lowest BCUT2D eigenvalue weighted by molar-refractivity contribution is -0.120. The lowest BCUT2D eigenvalue weighted by Crippen LogP contribution is -2.46. The van der Waals surface area contributed by atoms with Crippen molar-refractivity contribution in [3.8, 4) is 0 Å². The molecule has 104 valence electrons. The van der Waals surface area contributed by atoms with Crippen LogP contribution in [0.3, 0.4) is 0 Å². The van der Waals surface area contributed by atoms with E-state index in [0.29, 0.717) is 39.1 Å². The van der Waals surface area contributed by atoms with Crippen LogP contribution in [-0.2, 0) is 9.53 Å². The molecule has 7 nitrogen and oxygen atoms in total. The molecule has 0 spiro atoms. The molecule has 0 aromatic carbocycles. The van der Waals surface area contributed by atoms with E-state index in [-0.39, 0.29) is 6.42 Å². The highest BCUT2D eigenvalue weighted by Crippen LogP contribution is 2.21. The topological polar surface area (TPSA) is 105 Å². The van der Waals surface area contributed by atoms with Crippen LogP contribution >= 0.6 is 0 Å².